The van der Waals surface area contributed by atoms with Gasteiger partial charge in [-0.2, -0.15) is 0 Å². The van der Waals surface area contributed by atoms with Crippen molar-refractivity contribution in [3.05, 3.63) is 58.4 Å². The van der Waals surface area contributed by atoms with Gasteiger partial charge in [0.05, 0.1) is 16.7 Å². The summed E-state index contributed by atoms with van der Waals surface area (Å²) in [6, 6.07) is 12.5. The number of ether oxygens (including phenoxy) is 2. The van der Waals surface area contributed by atoms with E-state index in [1.54, 1.807) is 28.8 Å². The molecule has 0 bridgehead atoms. The second kappa shape index (κ2) is 10.2. The van der Waals surface area contributed by atoms with Crippen molar-refractivity contribution in [2.75, 3.05) is 32.2 Å². The van der Waals surface area contributed by atoms with Crippen LogP contribution in [0.2, 0.25) is 0 Å². The summed E-state index contributed by atoms with van der Waals surface area (Å²) in [5, 5.41) is 1.17. The minimum Gasteiger partial charge on any atom is -0.454 e. The summed E-state index contributed by atoms with van der Waals surface area (Å²) in [5.41, 5.74) is 1.14. The first-order valence-electron chi connectivity index (χ1n) is 10.9. The van der Waals surface area contributed by atoms with Crippen molar-refractivity contribution in [3.8, 4) is 11.5 Å². The molecule has 7 nitrogen and oxygen atoms in total. The number of benzene rings is 2. The second-order valence-corrected chi connectivity index (χ2v) is 8.47. The molecule has 0 saturated carbocycles. The molecule has 1 aliphatic heterocycles. The Labute approximate surface area is 191 Å². The van der Waals surface area contributed by atoms with E-state index in [1.165, 1.54) is 11.8 Å². The molecule has 0 spiro atoms. The zero-order valence-corrected chi connectivity index (χ0v) is 19.2. The van der Waals surface area contributed by atoms with Crippen LogP contribution in [0.3, 0.4) is 0 Å². The van der Waals surface area contributed by atoms with E-state index in [2.05, 4.69) is 18.7 Å². The fraction of sp³-hybridized carbons (Fsp3) is 0.375. The van der Waals surface area contributed by atoms with Crippen LogP contribution in [-0.2, 0) is 6.54 Å². The molecule has 2 aromatic carbocycles. The summed E-state index contributed by atoms with van der Waals surface area (Å²) in [5.74, 6) is 1.36. The number of para-hydroxylation sites is 1. The molecular formula is C24H27N3O4S. The van der Waals surface area contributed by atoms with Crippen LogP contribution in [-0.4, -0.2) is 52.4 Å². The molecule has 32 heavy (non-hydrogen) atoms. The zero-order chi connectivity index (χ0) is 22.5. The van der Waals surface area contributed by atoms with Gasteiger partial charge in [-0.3, -0.25) is 14.2 Å². The summed E-state index contributed by atoms with van der Waals surface area (Å²) >= 11 is 1.30. The SMILES string of the molecule is CCN(CC)CCCn1c(SCC(=O)c2ccc3c(c2)OCO3)nc2ccccc2c1=O. The smallest absolute Gasteiger partial charge is 0.262 e. The lowest BCUT2D eigenvalue weighted by atomic mass is 10.1. The van der Waals surface area contributed by atoms with Crippen molar-refractivity contribution in [3.63, 3.8) is 0 Å². The number of carbonyl (C=O) groups is 1. The molecule has 2 heterocycles. The number of carbonyl (C=O) groups excluding carboxylic acids is 1. The van der Waals surface area contributed by atoms with E-state index < -0.39 is 0 Å². The number of aromatic nitrogens is 2. The third-order valence-electron chi connectivity index (χ3n) is 5.60. The van der Waals surface area contributed by atoms with E-state index in [-0.39, 0.29) is 23.9 Å². The summed E-state index contributed by atoms with van der Waals surface area (Å²) in [6.07, 6.45) is 0.839. The number of fused-ring (bicyclic) bond motifs is 2. The standard InChI is InChI=1S/C24H27N3O4S/c1-3-26(4-2)12-7-13-27-23(29)18-8-5-6-9-19(18)25-24(27)32-15-20(28)17-10-11-21-22(14-17)31-16-30-21/h5-6,8-11,14H,3-4,7,12-13,15-16H2,1-2H3. The van der Waals surface area contributed by atoms with E-state index in [0.29, 0.717) is 39.7 Å². The van der Waals surface area contributed by atoms with Gasteiger partial charge in [-0.05, 0) is 56.4 Å². The maximum atomic E-state index is 13.2. The van der Waals surface area contributed by atoms with Gasteiger partial charge >= 0.3 is 0 Å². The molecule has 8 heteroatoms. The van der Waals surface area contributed by atoms with Gasteiger partial charge in [0.15, 0.2) is 22.4 Å². The van der Waals surface area contributed by atoms with Gasteiger partial charge in [0, 0.05) is 12.1 Å². The van der Waals surface area contributed by atoms with Crippen molar-refractivity contribution in [2.24, 2.45) is 0 Å². The highest BCUT2D eigenvalue weighted by Crippen LogP contribution is 2.33. The van der Waals surface area contributed by atoms with Crippen molar-refractivity contribution in [1.29, 1.82) is 0 Å². The first kappa shape index (κ1) is 22.4. The van der Waals surface area contributed by atoms with Crippen LogP contribution in [0.4, 0.5) is 0 Å². The minimum atomic E-state index is -0.0619. The molecule has 1 aliphatic rings. The van der Waals surface area contributed by atoms with E-state index in [0.717, 1.165) is 26.1 Å². The molecule has 0 radical (unpaired) electrons. The van der Waals surface area contributed by atoms with Crippen LogP contribution in [0.5, 0.6) is 11.5 Å². The maximum absolute atomic E-state index is 13.2. The number of hydrogen-bond donors (Lipinski definition) is 0. The van der Waals surface area contributed by atoms with Gasteiger partial charge in [-0.25, -0.2) is 4.98 Å². The second-order valence-electron chi connectivity index (χ2n) is 7.53. The van der Waals surface area contributed by atoms with Crippen LogP contribution in [0.15, 0.2) is 52.4 Å². The third kappa shape index (κ3) is 4.81. The van der Waals surface area contributed by atoms with Crippen LogP contribution in [0.1, 0.15) is 30.6 Å². The van der Waals surface area contributed by atoms with Crippen molar-refractivity contribution < 1.29 is 14.3 Å². The van der Waals surface area contributed by atoms with Gasteiger partial charge in [-0.1, -0.05) is 37.7 Å². The number of thioether (sulfide) groups is 1. The highest BCUT2D eigenvalue weighted by atomic mass is 32.2. The lowest BCUT2D eigenvalue weighted by molar-refractivity contribution is 0.102. The predicted octanol–water partition coefficient (Wildman–Crippen LogP) is 3.83. The predicted molar refractivity (Wildman–Crippen MR) is 126 cm³/mol. The summed E-state index contributed by atoms with van der Waals surface area (Å²) in [4.78, 5) is 33.0. The first-order chi connectivity index (χ1) is 15.6. The number of Topliss-reactive ketones (excluding diaryl/α,β-unsaturated/α-hetero) is 1. The summed E-state index contributed by atoms with van der Waals surface area (Å²) in [7, 11) is 0. The van der Waals surface area contributed by atoms with Crippen LogP contribution in [0, 0.1) is 0 Å². The Hall–Kier alpha value is -2.84. The number of nitrogens with zero attached hydrogens (tertiary/aromatic N) is 3. The molecule has 0 N–H and O–H groups in total. The lowest BCUT2D eigenvalue weighted by Crippen LogP contribution is -2.28. The number of hydrogen-bond acceptors (Lipinski definition) is 7. The van der Waals surface area contributed by atoms with Crippen LogP contribution >= 0.6 is 11.8 Å². The van der Waals surface area contributed by atoms with Gasteiger partial charge in [0.2, 0.25) is 6.79 Å². The van der Waals surface area contributed by atoms with E-state index in [9.17, 15) is 9.59 Å². The Morgan fingerprint density at radius 1 is 1.12 bits per heavy atom. The monoisotopic (exact) mass is 453 g/mol. The highest BCUT2D eigenvalue weighted by molar-refractivity contribution is 7.99. The average molecular weight is 454 g/mol. The zero-order valence-electron chi connectivity index (χ0n) is 18.4. The Morgan fingerprint density at radius 2 is 1.91 bits per heavy atom. The molecule has 0 unspecified atom stereocenters. The molecule has 0 aliphatic carbocycles. The maximum Gasteiger partial charge on any atom is 0.262 e. The number of rotatable bonds is 10. The molecule has 0 amide bonds. The number of ketones is 1. The first-order valence-corrected chi connectivity index (χ1v) is 11.9. The fourth-order valence-electron chi connectivity index (χ4n) is 3.73. The molecular weight excluding hydrogens is 426 g/mol. The third-order valence-corrected chi connectivity index (χ3v) is 6.58. The Balaban J connectivity index is 1.54. The summed E-state index contributed by atoms with van der Waals surface area (Å²) in [6.45, 7) is 7.87. The van der Waals surface area contributed by atoms with Gasteiger partial charge < -0.3 is 14.4 Å². The Morgan fingerprint density at radius 3 is 2.72 bits per heavy atom. The van der Waals surface area contributed by atoms with Gasteiger partial charge in [0.1, 0.15) is 0 Å². The van der Waals surface area contributed by atoms with Crippen molar-refractivity contribution in [2.45, 2.75) is 32.0 Å². The van der Waals surface area contributed by atoms with E-state index in [1.807, 2.05) is 18.2 Å². The minimum absolute atomic E-state index is 0.0506. The van der Waals surface area contributed by atoms with E-state index in [4.69, 9.17) is 14.5 Å². The topological polar surface area (TPSA) is 73.7 Å². The molecule has 0 saturated heterocycles. The lowest BCUT2D eigenvalue weighted by Gasteiger charge is -2.19. The normalized spacial score (nSPS) is 12.6. The molecule has 168 valence electrons. The highest BCUT2D eigenvalue weighted by Gasteiger charge is 2.18. The molecule has 3 aromatic rings. The molecule has 0 fully saturated rings. The Kier molecular flexibility index (Phi) is 7.12. The molecule has 1 aromatic heterocycles. The van der Waals surface area contributed by atoms with Crippen LogP contribution in [0.25, 0.3) is 10.9 Å². The molecule has 4 rings (SSSR count). The van der Waals surface area contributed by atoms with Gasteiger partial charge in [-0.15, -0.1) is 0 Å². The van der Waals surface area contributed by atoms with Crippen molar-refractivity contribution in [1.82, 2.24) is 14.5 Å². The van der Waals surface area contributed by atoms with Gasteiger partial charge in [0.25, 0.3) is 5.56 Å². The quantitative estimate of drug-likeness (QED) is 0.262. The fourth-order valence-corrected chi connectivity index (χ4v) is 4.65. The summed E-state index contributed by atoms with van der Waals surface area (Å²) < 4.78 is 12.4. The largest absolute Gasteiger partial charge is 0.454 e. The molecule has 0 atom stereocenters. The Bertz CT molecular complexity index is 1170. The van der Waals surface area contributed by atoms with E-state index >= 15 is 0 Å². The van der Waals surface area contributed by atoms with Crippen molar-refractivity contribution >= 4 is 28.4 Å². The average Bonchev–Trinajstić information content (AvgIpc) is 3.29. The van der Waals surface area contributed by atoms with Crippen LogP contribution < -0.4 is 15.0 Å².